The first-order chi connectivity index (χ1) is 12.7. The summed E-state index contributed by atoms with van der Waals surface area (Å²) < 4.78 is 19.3. The van der Waals surface area contributed by atoms with Gasteiger partial charge in [-0.15, -0.1) is 0 Å². The quantitative estimate of drug-likeness (QED) is 0.780. The highest BCUT2D eigenvalue weighted by Gasteiger charge is 2.23. The van der Waals surface area contributed by atoms with Gasteiger partial charge in [0, 0.05) is 31.5 Å². The number of piperazine rings is 1. The first-order valence-electron chi connectivity index (χ1n) is 8.88. The van der Waals surface area contributed by atoms with E-state index in [1.807, 2.05) is 0 Å². The fourth-order valence-electron chi connectivity index (χ4n) is 2.99. The highest BCUT2D eigenvalue weighted by atomic mass is 32.2. The largest absolute Gasteiger partial charge is 0.330 e. The second kappa shape index (κ2) is 11.6. The van der Waals surface area contributed by atoms with E-state index in [4.69, 9.17) is 5.73 Å². The van der Waals surface area contributed by atoms with Crippen molar-refractivity contribution in [2.24, 2.45) is 5.73 Å². The molecule has 3 rings (SSSR count). The minimum atomic E-state index is -2.02. The predicted octanol–water partition coefficient (Wildman–Crippen LogP) is 1.70. The van der Waals surface area contributed by atoms with Gasteiger partial charge in [-0.1, -0.05) is 60.7 Å². The van der Waals surface area contributed by atoms with Gasteiger partial charge in [-0.3, -0.25) is 4.90 Å². The van der Waals surface area contributed by atoms with E-state index in [2.05, 4.69) is 70.9 Å². The minimum Gasteiger partial charge on any atom is -0.330 e. The van der Waals surface area contributed by atoms with Gasteiger partial charge in [0.05, 0.1) is 6.04 Å². The van der Waals surface area contributed by atoms with Crippen LogP contribution in [0.3, 0.4) is 0 Å². The highest BCUT2D eigenvalue weighted by Crippen LogP contribution is 2.28. The topological polar surface area (TPSA) is 75.4 Å². The maximum atomic E-state index is 9.65. The van der Waals surface area contributed by atoms with E-state index in [0.29, 0.717) is 19.0 Å². The molecule has 2 aromatic rings. The molecule has 3 N–H and O–H groups in total. The molecule has 1 aliphatic rings. The van der Waals surface area contributed by atoms with Gasteiger partial charge in [-0.05, 0) is 24.1 Å². The van der Waals surface area contributed by atoms with E-state index in [0.717, 1.165) is 31.5 Å². The van der Waals surface area contributed by atoms with Crippen LogP contribution < -0.4 is 11.1 Å². The van der Waals surface area contributed by atoms with Crippen LogP contribution in [0.5, 0.6) is 0 Å². The Morgan fingerprint density at radius 3 is 1.85 bits per heavy atom. The van der Waals surface area contributed by atoms with Gasteiger partial charge in [-0.2, -0.15) is 8.42 Å². The molecule has 0 radical (unpaired) electrons. The standard InChI is InChI=1S/C17H20N2.C3H7NO2S/c1-3-7-15(8-4-1)17(16-9-5-2-6-10-16)19-13-11-18-12-14-19;4-2-1-3-7(5)6/h1-10,17-18H,11-14H2;3H,1-2,4H2. The number of rotatable bonds is 5. The summed E-state index contributed by atoms with van der Waals surface area (Å²) in [7, 11) is -2.02. The van der Waals surface area contributed by atoms with Crippen LogP contribution in [0.4, 0.5) is 0 Å². The lowest BCUT2D eigenvalue weighted by atomic mass is 9.96. The molecular formula is C20H27N3O2S. The molecule has 2 aromatic carbocycles. The summed E-state index contributed by atoms with van der Waals surface area (Å²) in [4.78, 5) is 2.57. The zero-order chi connectivity index (χ0) is 18.6. The van der Waals surface area contributed by atoms with Crippen LogP contribution in [0.15, 0.2) is 60.7 Å². The van der Waals surface area contributed by atoms with Crippen molar-refractivity contribution in [3.63, 3.8) is 0 Å². The highest BCUT2D eigenvalue weighted by molar-refractivity contribution is 7.71. The summed E-state index contributed by atoms with van der Waals surface area (Å²) in [5.41, 5.74) is 7.74. The van der Waals surface area contributed by atoms with Gasteiger partial charge in [0.1, 0.15) is 0 Å². The number of nitrogens with zero attached hydrogens (tertiary/aromatic N) is 1. The number of hydrogen-bond acceptors (Lipinski definition) is 5. The third-order valence-electron chi connectivity index (χ3n) is 4.17. The van der Waals surface area contributed by atoms with Gasteiger partial charge in [0.2, 0.25) is 10.3 Å². The lowest BCUT2D eigenvalue weighted by Gasteiger charge is -2.35. The SMILES string of the molecule is NCCC=S(=O)=O.c1ccc(C(c2ccccc2)N2CCNCC2)cc1. The zero-order valence-corrected chi connectivity index (χ0v) is 15.7. The van der Waals surface area contributed by atoms with Crippen LogP contribution in [0.25, 0.3) is 0 Å². The Morgan fingerprint density at radius 2 is 1.46 bits per heavy atom. The summed E-state index contributed by atoms with van der Waals surface area (Å²) in [6.07, 6.45) is 0.441. The van der Waals surface area contributed by atoms with Crippen molar-refractivity contribution >= 4 is 15.7 Å². The molecule has 1 aliphatic heterocycles. The molecule has 0 unspecified atom stereocenters. The molecule has 0 aromatic heterocycles. The van der Waals surface area contributed by atoms with Gasteiger partial charge in [0.15, 0.2) is 0 Å². The molecule has 1 fully saturated rings. The second-order valence-electron chi connectivity index (χ2n) is 6.01. The molecule has 1 saturated heterocycles. The molecule has 140 valence electrons. The Morgan fingerprint density at radius 1 is 0.962 bits per heavy atom. The third kappa shape index (κ3) is 6.72. The summed E-state index contributed by atoms with van der Waals surface area (Å²) >= 11 is 0. The minimum absolute atomic E-state index is 0.379. The van der Waals surface area contributed by atoms with Crippen molar-refractivity contribution in [1.82, 2.24) is 10.2 Å². The van der Waals surface area contributed by atoms with Gasteiger partial charge in [0.25, 0.3) is 0 Å². The van der Waals surface area contributed by atoms with Gasteiger partial charge < -0.3 is 11.1 Å². The molecule has 6 heteroatoms. The van der Waals surface area contributed by atoms with E-state index in [9.17, 15) is 8.42 Å². The number of hydrogen-bond donors (Lipinski definition) is 2. The van der Waals surface area contributed by atoms with Gasteiger partial charge >= 0.3 is 0 Å². The summed E-state index contributed by atoms with van der Waals surface area (Å²) in [6, 6.07) is 22.0. The average Bonchev–Trinajstić information content (AvgIpc) is 2.70. The molecular weight excluding hydrogens is 346 g/mol. The smallest absolute Gasteiger partial charge is 0.209 e. The van der Waals surface area contributed by atoms with E-state index in [1.54, 1.807) is 0 Å². The van der Waals surface area contributed by atoms with Crippen molar-refractivity contribution in [2.45, 2.75) is 12.5 Å². The predicted molar refractivity (Wildman–Crippen MR) is 108 cm³/mol. The first-order valence-corrected chi connectivity index (χ1v) is 10.0. The maximum Gasteiger partial charge on any atom is 0.209 e. The lowest BCUT2D eigenvalue weighted by molar-refractivity contribution is 0.198. The zero-order valence-electron chi connectivity index (χ0n) is 14.9. The third-order valence-corrected chi connectivity index (χ3v) is 4.68. The molecule has 1 heterocycles. The molecule has 0 amide bonds. The number of nitrogens with one attached hydrogen (secondary N) is 1. The fraction of sp³-hybridized carbons (Fsp3) is 0.350. The first kappa shape index (κ1) is 20.3. The summed E-state index contributed by atoms with van der Waals surface area (Å²) in [6.45, 7) is 4.77. The number of nitrogens with two attached hydrogens (primary N) is 1. The Kier molecular flexibility index (Phi) is 9.06. The van der Waals surface area contributed by atoms with E-state index in [-0.39, 0.29) is 0 Å². The van der Waals surface area contributed by atoms with Crippen molar-refractivity contribution in [3.8, 4) is 0 Å². The van der Waals surface area contributed by atoms with Crippen molar-refractivity contribution in [2.75, 3.05) is 32.7 Å². The molecule has 0 saturated carbocycles. The molecule has 0 aliphatic carbocycles. The Hall–Kier alpha value is -1.99. The van der Waals surface area contributed by atoms with Crippen LogP contribution in [-0.4, -0.2) is 51.4 Å². The lowest BCUT2D eigenvalue weighted by Crippen LogP contribution is -2.45. The van der Waals surface area contributed by atoms with Crippen LogP contribution in [-0.2, 0) is 10.3 Å². The van der Waals surface area contributed by atoms with E-state index >= 15 is 0 Å². The summed E-state index contributed by atoms with van der Waals surface area (Å²) in [5.74, 6) is 0. The van der Waals surface area contributed by atoms with Crippen molar-refractivity contribution in [3.05, 3.63) is 71.8 Å². The molecule has 0 atom stereocenters. The van der Waals surface area contributed by atoms with Crippen LogP contribution >= 0.6 is 0 Å². The van der Waals surface area contributed by atoms with E-state index in [1.165, 1.54) is 11.1 Å². The normalized spacial score (nSPS) is 14.4. The monoisotopic (exact) mass is 373 g/mol. The fourth-order valence-corrected chi connectivity index (χ4v) is 3.32. The van der Waals surface area contributed by atoms with Gasteiger partial charge in [-0.25, -0.2) is 0 Å². The second-order valence-corrected chi connectivity index (χ2v) is 6.87. The average molecular weight is 374 g/mol. The Balaban J connectivity index is 0.000000298. The van der Waals surface area contributed by atoms with Crippen LogP contribution in [0, 0.1) is 0 Å². The van der Waals surface area contributed by atoms with E-state index < -0.39 is 10.3 Å². The molecule has 5 nitrogen and oxygen atoms in total. The molecule has 0 bridgehead atoms. The van der Waals surface area contributed by atoms with Crippen LogP contribution in [0.2, 0.25) is 0 Å². The van der Waals surface area contributed by atoms with Crippen LogP contribution in [0.1, 0.15) is 23.6 Å². The maximum absolute atomic E-state index is 9.65. The Labute approximate surface area is 157 Å². The van der Waals surface area contributed by atoms with Crippen molar-refractivity contribution in [1.29, 1.82) is 0 Å². The number of benzene rings is 2. The molecule has 26 heavy (non-hydrogen) atoms. The summed E-state index contributed by atoms with van der Waals surface area (Å²) in [5, 5.41) is 4.57. The van der Waals surface area contributed by atoms with Crippen molar-refractivity contribution < 1.29 is 8.42 Å². The molecule has 0 spiro atoms. The Bertz CT molecular complexity index is 711.